The van der Waals surface area contributed by atoms with Gasteiger partial charge < -0.3 is 24.6 Å². The first-order valence-electron chi connectivity index (χ1n) is 8.88. The average molecular weight is 410 g/mol. The van der Waals surface area contributed by atoms with Crippen LogP contribution in [0.1, 0.15) is 5.56 Å². The van der Waals surface area contributed by atoms with Gasteiger partial charge in [0.05, 0.1) is 19.8 Å². The SMILES string of the molecule is COc1ccc(NC(=O)N2CCN(c3ccc(C(F)(F)F)cn3)CC2)cc1OC. The second-order valence-electron chi connectivity index (χ2n) is 6.38. The number of nitrogens with zero attached hydrogens (tertiary/aromatic N) is 3. The zero-order chi connectivity index (χ0) is 21.0. The topological polar surface area (TPSA) is 66.9 Å². The van der Waals surface area contributed by atoms with E-state index in [9.17, 15) is 18.0 Å². The Morgan fingerprint density at radius 3 is 2.28 bits per heavy atom. The van der Waals surface area contributed by atoms with Crippen molar-refractivity contribution < 1.29 is 27.4 Å². The molecule has 0 atom stereocenters. The van der Waals surface area contributed by atoms with Crippen molar-refractivity contribution >= 4 is 17.5 Å². The maximum absolute atomic E-state index is 12.7. The van der Waals surface area contributed by atoms with Crippen LogP contribution >= 0.6 is 0 Å². The molecule has 0 radical (unpaired) electrons. The molecule has 1 aliphatic rings. The van der Waals surface area contributed by atoms with E-state index in [1.807, 2.05) is 4.90 Å². The minimum Gasteiger partial charge on any atom is -0.493 e. The molecule has 1 aliphatic heterocycles. The Balaban J connectivity index is 1.57. The number of nitrogens with one attached hydrogen (secondary N) is 1. The molecule has 3 rings (SSSR count). The number of piperazine rings is 1. The van der Waals surface area contributed by atoms with Crippen LogP contribution in [-0.2, 0) is 6.18 Å². The van der Waals surface area contributed by atoms with Crippen molar-refractivity contribution in [2.24, 2.45) is 0 Å². The zero-order valence-electron chi connectivity index (χ0n) is 16.0. The van der Waals surface area contributed by atoms with Gasteiger partial charge in [-0.3, -0.25) is 0 Å². The van der Waals surface area contributed by atoms with Crippen LogP contribution in [0, 0.1) is 0 Å². The Hall–Kier alpha value is -3.17. The number of ether oxygens (including phenoxy) is 2. The van der Waals surface area contributed by atoms with Crippen LogP contribution in [0.4, 0.5) is 29.5 Å². The lowest BCUT2D eigenvalue weighted by atomic mass is 10.2. The molecular weight excluding hydrogens is 389 g/mol. The normalized spacial score (nSPS) is 14.5. The number of hydrogen-bond donors (Lipinski definition) is 1. The number of hydrogen-bond acceptors (Lipinski definition) is 5. The monoisotopic (exact) mass is 410 g/mol. The molecule has 1 saturated heterocycles. The highest BCUT2D eigenvalue weighted by Gasteiger charge is 2.31. The molecule has 0 spiro atoms. The number of pyridine rings is 1. The largest absolute Gasteiger partial charge is 0.493 e. The van der Waals surface area contributed by atoms with E-state index in [2.05, 4.69) is 10.3 Å². The van der Waals surface area contributed by atoms with Crippen molar-refractivity contribution in [3.8, 4) is 11.5 Å². The number of amides is 2. The van der Waals surface area contributed by atoms with E-state index in [4.69, 9.17) is 9.47 Å². The summed E-state index contributed by atoms with van der Waals surface area (Å²) in [4.78, 5) is 19.9. The van der Waals surface area contributed by atoms with E-state index in [0.29, 0.717) is 49.2 Å². The predicted molar refractivity (Wildman–Crippen MR) is 102 cm³/mol. The van der Waals surface area contributed by atoms with Gasteiger partial charge in [-0.1, -0.05) is 0 Å². The summed E-state index contributed by atoms with van der Waals surface area (Å²) in [5.74, 6) is 1.52. The molecule has 1 N–H and O–H groups in total. The van der Waals surface area contributed by atoms with Crippen LogP contribution in [0.25, 0.3) is 0 Å². The number of carbonyl (C=O) groups is 1. The van der Waals surface area contributed by atoms with Crippen LogP contribution in [0.3, 0.4) is 0 Å². The Bertz CT molecular complexity index is 851. The Labute approximate surface area is 166 Å². The summed E-state index contributed by atoms with van der Waals surface area (Å²) in [6.45, 7) is 1.78. The van der Waals surface area contributed by atoms with Gasteiger partial charge in [-0.15, -0.1) is 0 Å². The summed E-state index contributed by atoms with van der Waals surface area (Å²) in [6.07, 6.45) is -3.59. The Morgan fingerprint density at radius 2 is 1.72 bits per heavy atom. The molecule has 0 bridgehead atoms. The molecule has 29 heavy (non-hydrogen) atoms. The summed E-state index contributed by atoms with van der Waals surface area (Å²) in [6, 6.07) is 7.17. The van der Waals surface area contributed by atoms with Gasteiger partial charge in [0.1, 0.15) is 5.82 Å². The summed E-state index contributed by atoms with van der Waals surface area (Å²) in [5, 5.41) is 2.81. The fourth-order valence-corrected chi connectivity index (χ4v) is 3.00. The van der Waals surface area contributed by atoms with Crippen LogP contribution in [-0.4, -0.2) is 56.3 Å². The molecule has 156 valence electrons. The van der Waals surface area contributed by atoms with E-state index in [1.165, 1.54) is 20.3 Å². The van der Waals surface area contributed by atoms with Gasteiger partial charge in [0, 0.05) is 44.1 Å². The first-order chi connectivity index (χ1) is 13.8. The number of aromatic nitrogens is 1. The van der Waals surface area contributed by atoms with Gasteiger partial charge in [-0.05, 0) is 24.3 Å². The maximum atomic E-state index is 12.7. The Morgan fingerprint density at radius 1 is 1.03 bits per heavy atom. The Kier molecular flexibility index (Phi) is 6.00. The number of urea groups is 1. The molecular formula is C19H21F3N4O3. The van der Waals surface area contributed by atoms with Crippen molar-refractivity contribution in [2.75, 3.05) is 50.6 Å². The van der Waals surface area contributed by atoms with Crippen molar-refractivity contribution in [1.29, 1.82) is 0 Å². The number of halogens is 3. The van der Waals surface area contributed by atoms with Crippen molar-refractivity contribution in [1.82, 2.24) is 9.88 Å². The summed E-state index contributed by atoms with van der Waals surface area (Å²) in [7, 11) is 3.04. The molecule has 2 heterocycles. The standard InChI is InChI=1S/C19H21F3N4O3/c1-28-15-5-4-14(11-16(15)29-2)24-18(27)26-9-7-25(8-10-26)17-6-3-13(12-23-17)19(20,21)22/h3-6,11-12H,7-10H2,1-2H3,(H,24,27). The number of anilines is 2. The van der Waals surface area contributed by atoms with Gasteiger partial charge in [0.25, 0.3) is 0 Å². The minimum atomic E-state index is -4.41. The van der Waals surface area contributed by atoms with E-state index < -0.39 is 11.7 Å². The number of carbonyl (C=O) groups excluding carboxylic acids is 1. The smallest absolute Gasteiger partial charge is 0.417 e. The number of rotatable bonds is 4. The number of alkyl halides is 3. The van der Waals surface area contributed by atoms with E-state index in [0.717, 1.165) is 12.3 Å². The van der Waals surface area contributed by atoms with Gasteiger partial charge >= 0.3 is 12.2 Å². The van der Waals surface area contributed by atoms with E-state index in [-0.39, 0.29) is 6.03 Å². The minimum absolute atomic E-state index is 0.266. The second-order valence-corrected chi connectivity index (χ2v) is 6.38. The third-order valence-electron chi connectivity index (χ3n) is 4.60. The van der Waals surface area contributed by atoms with Gasteiger partial charge in [0.15, 0.2) is 11.5 Å². The average Bonchev–Trinajstić information content (AvgIpc) is 2.73. The first kappa shape index (κ1) is 20.6. The molecule has 0 unspecified atom stereocenters. The second kappa shape index (κ2) is 8.46. The fraction of sp³-hybridized carbons (Fsp3) is 0.368. The van der Waals surface area contributed by atoms with Gasteiger partial charge in [0.2, 0.25) is 0 Å². The van der Waals surface area contributed by atoms with Crippen molar-refractivity contribution in [2.45, 2.75) is 6.18 Å². The highest BCUT2D eigenvalue weighted by Crippen LogP contribution is 2.30. The number of methoxy groups -OCH3 is 2. The highest BCUT2D eigenvalue weighted by molar-refractivity contribution is 5.90. The first-order valence-corrected chi connectivity index (χ1v) is 8.88. The van der Waals surface area contributed by atoms with Crippen LogP contribution < -0.4 is 19.7 Å². The quantitative estimate of drug-likeness (QED) is 0.836. The highest BCUT2D eigenvalue weighted by atomic mass is 19.4. The molecule has 7 nitrogen and oxygen atoms in total. The van der Waals surface area contributed by atoms with E-state index >= 15 is 0 Å². The molecule has 10 heteroatoms. The van der Waals surface area contributed by atoms with Gasteiger partial charge in [-0.25, -0.2) is 9.78 Å². The summed E-state index contributed by atoms with van der Waals surface area (Å²) < 4.78 is 48.3. The molecule has 2 aromatic rings. The summed E-state index contributed by atoms with van der Waals surface area (Å²) >= 11 is 0. The van der Waals surface area contributed by atoms with Crippen molar-refractivity contribution in [3.05, 3.63) is 42.1 Å². The lowest BCUT2D eigenvalue weighted by molar-refractivity contribution is -0.137. The summed E-state index contributed by atoms with van der Waals surface area (Å²) in [5.41, 5.74) is -0.214. The molecule has 1 fully saturated rings. The number of benzene rings is 1. The van der Waals surface area contributed by atoms with Crippen LogP contribution in [0.2, 0.25) is 0 Å². The van der Waals surface area contributed by atoms with E-state index in [1.54, 1.807) is 23.1 Å². The zero-order valence-corrected chi connectivity index (χ0v) is 16.0. The fourth-order valence-electron chi connectivity index (χ4n) is 3.00. The predicted octanol–water partition coefficient (Wildman–Crippen LogP) is 3.47. The lowest BCUT2D eigenvalue weighted by Crippen LogP contribution is -2.50. The van der Waals surface area contributed by atoms with Crippen LogP contribution in [0.15, 0.2) is 36.5 Å². The molecule has 2 amide bonds. The third kappa shape index (κ3) is 4.82. The molecule has 1 aromatic heterocycles. The molecule has 0 aliphatic carbocycles. The molecule has 0 saturated carbocycles. The lowest BCUT2D eigenvalue weighted by Gasteiger charge is -2.35. The molecule has 1 aromatic carbocycles. The maximum Gasteiger partial charge on any atom is 0.417 e. The third-order valence-corrected chi connectivity index (χ3v) is 4.60. The van der Waals surface area contributed by atoms with Crippen molar-refractivity contribution in [3.63, 3.8) is 0 Å². The van der Waals surface area contributed by atoms with Gasteiger partial charge in [-0.2, -0.15) is 13.2 Å². The van der Waals surface area contributed by atoms with Crippen LogP contribution in [0.5, 0.6) is 11.5 Å².